The molecule has 3 nitrogen and oxygen atoms in total. The Bertz CT molecular complexity index is 338. The minimum absolute atomic E-state index is 0.0355. The topological polar surface area (TPSA) is 27.7 Å². The fourth-order valence-electron chi connectivity index (χ4n) is 1.72. The first-order valence-electron chi connectivity index (χ1n) is 5.63. The van der Waals surface area contributed by atoms with Crippen LogP contribution >= 0.6 is 0 Å². The number of rotatable bonds is 3. The van der Waals surface area contributed by atoms with Gasteiger partial charge in [-0.05, 0) is 25.0 Å². The lowest BCUT2D eigenvalue weighted by Gasteiger charge is -2.29. The summed E-state index contributed by atoms with van der Waals surface area (Å²) in [6.07, 6.45) is 0.145. The van der Waals surface area contributed by atoms with Gasteiger partial charge in [0.2, 0.25) is 0 Å². The van der Waals surface area contributed by atoms with Crippen LogP contribution in [0.4, 0.5) is 0 Å². The first-order valence-corrected chi connectivity index (χ1v) is 5.63. The largest absolute Gasteiger partial charge is 0.368 e. The minimum Gasteiger partial charge on any atom is -0.368 e. The summed E-state index contributed by atoms with van der Waals surface area (Å²) < 4.78 is 16.4. The maximum absolute atomic E-state index is 5.81. The van der Waals surface area contributed by atoms with Crippen LogP contribution in [0.3, 0.4) is 0 Å². The predicted molar refractivity (Wildman–Crippen MR) is 61.1 cm³/mol. The van der Waals surface area contributed by atoms with E-state index in [1.54, 1.807) is 0 Å². The van der Waals surface area contributed by atoms with E-state index in [0.29, 0.717) is 20.0 Å². The van der Waals surface area contributed by atoms with Gasteiger partial charge in [0.15, 0.2) is 0 Å². The molecule has 1 fully saturated rings. The average Bonchev–Trinajstić information content (AvgIpc) is 2.30. The lowest BCUT2D eigenvalue weighted by Crippen LogP contribution is -2.38. The summed E-state index contributed by atoms with van der Waals surface area (Å²) >= 11 is 0. The van der Waals surface area contributed by atoms with Crippen molar-refractivity contribution in [1.29, 1.82) is 0 Å². The van der Waals surface area contributed by atoms with E-state index in [1.807, 2.05) is 19.1 Å². The molecule has 88 valence electrons. The quantitative estimate of drug-likeness (QED) is 0.785. The van der Waals surface area contributed by atoms with E-state index in [-0.39, 0.29) is 12.2 Å². The van der Waals surface area contributed by atoms with Crippen LogP contribution in [0.5, 0.6) is 0 Å². The van der Waals surface area contributed by atoms with Crippen molar-refractivity contribution in [2.45, 2.75) is 32.7 Å². The molecule has 2 rings (SSSR count). The van der Waals surface area contributed by atoms with Gasteiger partial charge in [-0.25, -0.2) is 0 Å². The standard InChI is InChI=1S/C13H18O3/c1-10-5-3-4-6-12(10)7-15-13-8-14-9-16-11(13)2/h3-6,11,13H,7-9H2,1-2H3/t11-,13-/m0/s1. The molecule has 0 N–H and O–H groups in total. The normalized spacial score (nSPS) is 25.6. The molecule has 3 heteroatoms. The molecule has 0 bridgehead atoms. The Kier molecular flexibility index (Phi) is 3.93. The van der Waals surface area contributed by atoms with Gasteiger partial charge in [0.25, 0.3) is 0 Å². The first-order chi connectivity index (χ1) is 7.77. The molecule has 1 heterocycles. The zero-order valence-electron chi connectivity index (χ0n) is 9.81. The third-order valence-corrected chi connectivity index (χ3v) is 2.93. The van der Waals surface area contributed by atoms with Gasteiger partial charge in [-0.1, -0.05) is 24.3 Å². The molecular formula is C13H18O3. The summed E-state index contributed by atoms with van der Waals surface area (Å²) in [5, 5.41) is 0. The predicted octanol–water partition coefficient (Wildman–Crippen LogP) is 2.27. The molecule has 1 aromatic carbocycles. The van der Waals surface area contributed by atoms with E-state index >= 15 is 0 Å². The Morgan fingerprint density at radius 2 is 2.19 bits per heavy atom. The third-order valence-electron chi connectivity index (χ3n) is 2.93. The second-order valence-corrected chi connectivity index (χ2v) is 4.14. The van der Waals surface area contributed by atoms with Crippen molar-refractivity contribution in [2.75, 3.05) is 13.4 Å². The van der Waals surface area contributed by atoms with Gasteiger partial charge in [0.1, 0.15) is 12.9 Å². The van der Waals surface area contributed by atoms with Crippen molar-refractivity contribution in [1.82, 2.24) is 0 Å². The Labute approximate surface area is 96.3 Å². The van der Waals surface area contributed by atoms with Crippen LogP contribution in [0.25, 0.3) is 0 Å². The zero-order valence-corrected chi connectivity index (χ0v) is 9.81. The van der Waals surface area contributed by atoms with E-state index in [9.17, 15) is 0 Å². The first kappa shape index (κ1) is 11.6. The second-order valence-electron chi connectivity index (χ2n) is 4.14. The SMILES string of the molecule is Cc1ccccc1CO[C@H]1COCO[C@H]1C. The highest BCUT2D eigenvalue weighted by Crippen LogP contribution is 2.14. The van der Waals surface area contributed by atoms with Crippen molar-refractivity contribution in [3.8, 4) is 0 Å². The summed E-state index contributed by atoms with van der Waals surface area (Å²) in [4.78, 5) is 0. The van der Waals surface area contributed by atoms with Crippen LogP contribution in [0, 0.1) is 6.92 Å². The van der Waals surface area contributed by atoms with Crippen molar-refractivity contribution < 1.29 is 14.2 Å². The van der Waals surface area contributed by atoms with Gasteiger partial charge >= 0.3 is 0 Å². The van der Waals surface area contributed by atoms with Crippen LogP contribution < -0.4 is 0 Å². The Hall–Kier alpha value is -0.900. The van der Waals surface area contributed by atoms with E-state index in [0.717, 1.165) is 0 Å². The second kappa shape index (κ2) is 5.43. The van der Waals surface area contributed by atoms with Crippen molar-refractivity contribution in [3.63, 3.8) is 0 Å². The van der Waals surface area contributed by atoms with Crippen molar-refractivity contribution in [2.24, 2.45) is 0 Å². The van der Waals surface area contributed by atoms with E-state index < -0.39 is 0 Å². The molecule has 1 aliphatic rings. The summed E-state index contributed by atoms with van der Waals surface area (Å²) in [5.41, 5.74) is 2.48. The highest BCUT2D eigenvalue weighted by molar-refractivity contribution is 5.24. The van der Waals surface area contributed by atoms with Gasteiger partial charge in [-0.3, -0.25) is 0 Å². The molecule has 0 aliphatic carbocycles. The molecule has 0 unspecified atom stereocenters. The molecule has 0 amide bonds. The van der Waals surface area contributed by atoms with E-state index in [4.69, 9.17) is 14.2 Å². The van der Waals surface area contributed by atoms with Crippen LogP contribution in [0.2, 0.25) is 0 Å². The van der Waals surface area contributed by atoms with Crippen molar-refractivity contribution >= 4 is 0 Å². The molecule has 0 saturated carbocycles. The third kappa shape index (κ3) is 2.82. The fraction of sp³-hybridized carbons (Fsp3) is 0.538. The van der Waals surface area contributed by atoms with Crippen LogP contribution in [-0.2, 0) is 20.8 Å². The summed E-state index contributed by atoms with van der Waals surface area (Å²) in [6.45, 7) is 5.73. The summed E-state index contributed by atoms with van der Waals surface area (Å²) in [5.74, 6) is 0. The van der Waals surface area contributed by atoms with E-state index in [2.05, 4.69) is 19.1 Å². The van der Waals surface area contributed by atoms with Crippen LogP contribution in [-0.4, -0.2) is 25.6 Å². The van der Waals surface area contributed by atoms with Crippen molar-refractivity contribution in [3.05, 3.63) is 35.4 Å². The summed E-state index contributed by atoms with van der Waals surface area (Å²) in [7, 11) is 0. The molecule has 1 aromatic rings. The molecule has 0 radical (unpaired) electrons. The monoisotopic (exact) mass is 222 g/mol. The highest BCUT2D eigenvalue weighted by atomic mass is 16.7. The lowest BCUT2D eigenvalue weighted by molar-refractivity contribution is -0.205. The minimum atomic E-state index is 0.0355. The molecule has 1 saturated heterocycles. The smallest absolute Gasteiger partial charge is 0.147 e. The number of ether oxygens (including phenoxy) is 3. The van der Waals surface area contributed by atoms with Crippen LogP contribution in [0.1, 0.15) is 18.1 Å². The number of hydrogen-bond acceptors (Lipinski definition) is 3. The average molecular weight is 222 g/mol. The van der Waals surface area contributed by atoms with Gasteiger partial charge in [-0.15, -0.1) is 0 Å². The lowest BCUT2D eigenvalue weighted by atomic mass is 10.1. The molecule has 0 aromatic heterocycles. The number of aryl methyl sites for hydroxylation is 1. The maximum atomic E-state index is 5.81. The molecule has 0 spiro atoms. The van der Waals surface area contributed by atoms with E-state index in [1.165, 1.54) is 11.1 Å². The summed E-state index contributed by atoms with van der Waals surface area (Å²) in [6, 6.07) is 8.25. The molecular weight excluding hydrogens is 204 g/mol. The number of hydrogen-bond donors (Lipinski definition) is 0. The Morgan fingerprint density at radius 1 is 1.38 bits per heavy atom. The Morgan fingerprint density at radius 3 is 2.94 bits per heavy atom. The highest BCUT2D eigenvalue weighted by Gasteiger charge is 2.23. The molecule has 1 aliphatic heterocycles. The van der Waals surface area contributed by atoms with Gasteiger partial charge in [-0.2, -0.15) is 0 Å². The fourth-order valence-corrected chi connectivity index (χ4v) is 1.72. The number of benzene rings is 1. The zero-order chi connectivity index (χ0) is 11.4. The maximum Gasteiger partial charge on any atom is 0.147 e. The Balaban J connectivity index is 1.89. The molecule has 2 atom stereocenters. The van der Waals surface area contributed by atoms with Crippen LogP contribution in [0.15, 0.2) is 24.3 Å². The van der Waals surface area contributed by atoms with Gasteiger partial charge < -0.3 is 14.2 Å². The molecule has 16 heavy (non-hydrogen) atoms. The van der Waals surface area contributed by atoms with Gasteiger partial charge in [0.05, 0.1) is 19.3 Å². The van der Waals surface area contributed by atoms with Gasteiger partial charge in [0, 0.05) is 0 Å².